The predicted octanol–water partition coefficient (Wildman–Crippen LogP) is 4.51. The third-order valence-electron chi connectivity index (χ3n) is 2.76. The van der Waals surface area contributed by atoms with Crippen LogP contribution in [0.15, 0.2) is 66.7 Å². The zero-order valence-electron chi connectivity index (χ0n) is 10.4. The van der Waals surface area contributed by atoms with Gasteiger partial charge in [0.05, 0.1) is 0 Å². The summed E-state index contributed by atoms with van der Waals surface area (Å²) in [5, 5.41) is 9.18. The summed E-state index contributed by atoms with van der Waals surface area (Å²) in [6.07, 6.45) is 6.13. The number of hydrogen-bond donors (Lipinski definition) is 1. The largest absolute Gasteiger partial charge is 0.508 e. The average Bonchev–Trinajstić information content (AvgIpc) is 2.42. The summed E-state index contributed by atoms with van der Waals surface area (Å²) in [5.74, 6) is 0.295. The number of benzene rings is 2. The second-order valence-electron chi connectivity index (χ2n) is 4.17. The van der Waals surface area contributed by atoms with Gasteiger partial charge in [-0.3, -0.25) is 0 Å². The van der Waals surface area contributed by atoms with Crippen molar-refractivity contribution in [3.8, 4) is 5.75 Å². The lowest BCUT2D eigenvalue weighted by molar-refractivity contribution is 0.475. The van der Waals surface area contributed by atoms with Gasteiger partial charge in [-0.15, -0.1) is 0 Å². The zero-order chi connectivity index (χ0) is 12.8. The Hall–Kier alpha value is -2.28. The van der Waals surface area contributed by atoms with E-state index in [4.69, 9.17) is 0 Å². The minimum Gasteiger partial charge on any atom is -0.508 e. The van der Waals surface area contributed by atoms with E-state index < -0.39 is 0 Å². The van der Waals surface area contributed by atoms with Crippen molar-refractivity contribution in [2.24, 2.45) is 0 Å². The molecule has 0 unspecified atom stereocenters. The van der Waals surface area contributed by atoms with Crippen molar-refractivity contribution >= 4 is 11.6 Å². The van der Waals surface area contributed by atoms with E-state index in [-0.39, 0.29) is 0 Å². The first-order valence-corrected chi connectivity index (χ1v) is 5.95. The van der Waals surface area contributed by atoms with Crippen LogP contribution in [0.2, 0.25) is 0 Å². The molecule has 18 heavy (non-hydrogen) atoms. The standard InChI is InChI=1S/C17H16O/c1-14(16-8-3-2-4-9-16)6-5-7-15-10-12-17(18)13-11-15/h2-13,18H,1H3. The molecule has 2 rings (SSSR count). The second kappa shape index (κ2) is 5.87. The summed E-state index contributed by atoms with van der Waals surface area (Å²) in [6, 6.07) is 17.4. The molecule has 0 amide bonds. The Labute approximate surface area is 108 Å². The van der Waals surface area contributed by atoms with Crippen molar-refractivity contribution in [3.05, 3.63) is 77.9 Å². The molecular weight excluding hydrogens is 220 g/mol. The molecule has 0 radical (unpaired) electrons. The summed E-state index contributed by atoms with van der Waals surface area (Å²) < 4.78 is 0. The lowest BCUT2D eigenvalue weighted by atomic mass is 10.1. The summed E-state index contributed by atoms with van der Waals surface area (Å²) in [6.45, 7) is 2.09. The van der Waals surface area contributed by atoms with Crippen LogP contribution in [-0.4, -0.2) is 5.11 Å². The van der Waals surface area contributed by atoms with Gasteiger partial charge in [0, 0.05) is 0 Å². The highest BCUT2D eigenvalue weighted by molar-refractivity contribution is 5.67. The molecular formula is C17H16O. The third kappa shape index (κ3) is 3.36. The van der Waals surface area contributed by atoms with Gasteiger partial charge in [-0.2, -0.15) is 0 Å². The van der Waals surface area contributed by atoms with E-state index in [1.165, 1.54) is 11.1 Å². The van der Waals surface area contributed by atoms with Crippen LogP contribution in [0.3, 0.4) is 0 Å². The first kappa shape index (κ1) is 12.2. The first-order chi connectivity index (χ1) is 8.75. The van der Waals surface area contributed by atoms with Crippen LogP contribution in [-0.2, 0) is 0 Å². The first-order valence-electron chi connectivity index (χ1n) is 5.95. The zero-order valence-corrected chi connectivity index (χ0v) is 10.4. The smallest absolute Gasteiger partial charge is 0.115 e. The van der Waals surface area contributed by atoms with E-state index in [1.54, 1.807) is 12.1 Å². The molecule has 90 valence electrons. The molecule has 0 saturated heterocycles. The van der Waals surface area contributed by atoms with Gasteiger partial charge >= 0.3 is 0 Å². The van der Waals surface area contributed by atoms with Gasteiger partial charge in [-0.25, -0.2) is 0 Å². The summed E-state index contributed by atoms with van der Waals surface area (Å²) in [4.78, 5) is 0. The Balaban J connectivity index is 2.08. The number of hydrogen-bond acceptors (Lipinski definition) is 1. The molecule has 1 heteroatoms. The Morgan fingerprint density at radius 3 is 2.28 bits per heavy atom. The minimum absolute atomic E-state index is 0.295. The van der Waals surface area contributed by atoms with Gasteiger partial charge in [0.1, 0.15) is 5.75 Å². The third-order valence-corrected chi connectivity index (χ3v) is 2.76. The average molecular weight is 236 g/mol. The van der Waals surface area contributed by atoms with E-state index in [2.05, 4.69) is 25.1 Å². The number of rotatable bonds is 3. The predicted molar refractivity (Wildman–Crippen MR) is 77.2 cm³/mol. The molecule has 2 aromatic carbocycles. The van der Waals surface area contributed by atoms with E-state index in [9.17, 15) is 5.11 Å². The van der Waals surface area contributed by atoms with Crippen molar-refractivity contribution in [1.82, 2.24) is 0 Å². The van der Waals surface area contributed by atoms with Gasteiger partial charge in [-0.1, -0.05) is 60.7 Å². The number of phenolic OH excluding ortho intramolecular Hbond substituents is 1. The van der Waals surface area contributed by atoms with Crippen LogP contribution in [0, 0.1) is 0 Å². The normalized spacial score (nSPS) is 11.9. The van der Waals surface area contributed by atoms with Gasteiger partial charge < -0.3 is 5.11 Å². The van der Waals surface area contributed by atoms with Crippen LogP contribution in [0.5, 0.6) is 5.75 Å². The van der Waals surface area contributed by atoms with Crippen LogP contribution in [0.4, 0.5) is 0 Å². The fourth-order valence-corrected chi connectivity index (χ4v) is 1.69. The number of allylic oxidation sites excluding steroid dienone is 3. The fraction of sp³-hybridized carbons (Fsp3) is 0.0588. The fourth-order valence-electron chi connectivity index (χ4n) is 1.69. The van der Waals surface area contributed by atoms with Gasteiger partial charge in [0.2, 0.25) is 0 Å². The van der Waals surface area contributed by atoms with E-state index in [1.807, 2.05) is 42.5 Å². The monoisotopic (exact) mass is 236 g/mol. The number of aromatic hydroxyl groups is 1. The molecule has 1 N–H and O–H groups in total. The molecule has 0 fully saturated rings. The molecule has 0 aromatic heterocycles. The lowest BCUT2D eigenvalue weighted by Gasteiger charge is -1.98. The molecule has 0 atom stereocenters. The molecule has 0 aliphatic rings. The van der Waals surface area contributed by atoms with Crippen LogP contribution >= 0.6 is 0 Å². The molecule has 0 bridgehead atoms. The quantitative estimate of drug-likeness (QED) is 0.777. The number of phenols is 1. The molecule has 0 spiro atoms. The highest BCUT2D eigenvalue weighted by Crippen LogP contribution is 2.14. The minimum atomic E-state index is 0.295. The molecule has 2 aromatic rings. The van der Waals surface area contributed by atoms with Crippen LogP contribution in [0.1, 0.15) is 18.1 Å². The Kier molecular flexibility index (Phi) is 3.98. The summed E-state index contributed by atoms with van der Waals surface area (Å²) >= 11 is 0. The van der Waals surface area contributed by atoms with E-state index in [0.29, 0.717) is 5.75 Å². The Bertz CT molecular complexity index is 548. The van der Waals surface area contributed by atoms with Crippen molar-refractivity contribution in [1.29, 1.82) is 0 Å². The van der Waals surface area contributed by atoms with Crippen molar-refractivity contribution in [3.63, 3.8) is 0 Å². The molecule has 0 heterocycles. The maximum atomic E-state index is 9.18. The molecule has 0 aliphatic heterocycles. The van der Waals surface area contributed by atoms with Crippen LogP contribution < -0.4 is 0 Å². The highest BCUT2D eigenvalue weighted by Gasteiger charge is 1.91. The highest BCUT2D eigenvalue weighted by atomic mass is 16.3. The molecule has 0 aliphatic carbocycles. The van der Waals surface area contributed by atoms with Gasteiger partial charge in [-0.05, 0) is 35.8 Å². The van der Waals surface area contributed by atoms with Crippen molar-refractivity contribution < 1.29 is 5.11 Å². The van der Waals surface area contributed by atoms with Gasteiger partial charge in [0.25, 0.3) is 0 Å². The van der Waals surface area contributed by atoms with Gasteiger partial charge in [0.15, 0.2) is 0 Å². The topological polar surface area (TPSA) is 20.2 Å². The maximum Gasteiger partial charge on any atom is 0.115 e. The lowest BCUT2D eigenvalue weighted by Crippen LogP contribution is -1.76. The van der Waals surface area contributed by atoms with E-state index in [0.717, 1.165) is 5.56 Å². The Morgan fingerprint density at radius 1 is 0.944 bits per heavy atom. The second-order valence-corrected chi connectivity index (χ2v) is 4.17. The Morgan fingerprint density at radius 2 is 1.61 bits per heavy atom. The maximum absolute atomic E-state index is 9.18. The van der Waals surface area contributed by atoms with Crippen molar-refractivity contribution in [2.75, 3.05) is 0 Å². The summed E-state index contributed by atoms with van der Waals surface area (Å²) in [5.41, 5.74) is 3.53. The van der Waals surface area contributed by atoms with Crippen molar-refractivity contribution in [2.45, 2.75) is 6.92 Å². The van der Waals surface area contributed by atoms with E-state index >= 15 is 0 Å². The van der Waals surface area contributed by atoms with Crippen LogP contribution in [0.25, 0.3) is 11.6 Å². The molecule has 0 saturated carbocycles. The SMILES string of the molecule is CC(=CC=Cc1ccc(O)cc1)c1ccccc1. The molecule has 1 nitrogen and oxygen atoms in total. The summed E-state index contributed by atoms with van der Waals surface area (Å²) in [7, 11) is 0.